The van der Waals surface area contributed by atoms with Gasteiger partial charge in [0.25, 0.3) is 6.02 Å². The number of hydrogen-bond acceptors (Lipinski definition) is 8. The maximum atomic E-state index is 14.8. The average molecular weight is 427 g/mol. The van der Waals surface area contributed by atoms with Crippen molar-refractivity contribution in [2.24, 2.45) is 10.7 Å². The summed E-state index contributed by atoms with van der Waals surface area (Å²) in [6.07, 6.45) is -1.80. The van der Waals surface area contributed by atoms with Crippen LogP contribution in [0.3, 0.4) is 0 Å². The summed E-state index contributed by atoms with van der Waals surface area (Å²) in [4.78, 5) is 27.8. The molecule has 3 atom stereocenters. The maximum Gasteiger partial charge on any atom is 0.283 e. The third-order valence-electron chi connectivity index (χ3n) is 4.47. The van der Waals surface area contributed by atoms with Crippen molar-refractivity contribution in [1.82, 2.24) is 15.0 Å². The van der Waals surface area contributed by atoms with Crippen LogP contribution >= 0.6 is 0 Å². The van der Waals surface area contributed by atoms with E-state index in [1.54, 1.807) is 0 Å². The predicted octanol–water partition coefficient (Wildman–Crippen LogP) is 1.98. The quantitative estimate of drug-likeness (QED) is 0.531. The van der Waals surface area contributed by atoms with E-state index in [0.29, 0.717) is 0 Å². The van der Waals surface area contributed by atoms with Crippen LogP contribution in [0.2, 0.25) is 0 Å². The first-order valence-electron chi connectivity index (χ1n) is 8.70. The summed E-state index contributed by atoms with van der Waals surface area (Å²) in [7, 11) is 0. The molecule has 0 saturated heterocycles. The smallest absolute Gasteiger partial charge is 0.283 e. The fourth-order valence-electron chi connectivity index (χ4n) is 2.97. The molecule has 3 rings (SSSR count). The number of ketones is 1. The number of ether oxygens (including phenoxy) is 2. The van der Waals surface area contributed by atoms with Crippen LogP contribution in [0.1, 0.15) is 28.8 Å². The molecule has 0 aromatic carbocycles. The van der Waals surface area contributed by atoms with Crippen LogP contribution in [0, 0.1) is 5.82 Å². The van der Waals surface area contributed by atoms with Crippen molar-refractivity contribution >= 4 is 11.8 Å². The Balaban J connectivity index is 1.88. The van der Waals surface area contributed by atoms with Gasteiger partial charge >= 0.3 is 0 Å². The van der Waals surface area contributed by atoms with Crippen molar-refractivity contribution in [3.8, 4) is 5.88 Å². The molecule has 30 heavy (non-hydrogen) atoms. The van der Waals surface area contributed by atoms with Crippen LogP contribution in [-0.2, 0) is 16.7 Å². The molecule has 8 nitrogen and oxygen atoms in total. The Kier molecular flexibility index (Phi) is 6.13. The molecule has 0 unspecified atom stereocenters. The summed E-state index contributed by atoms with van der Waals surface area (Å²) in [6, 6.07) is 1.74. The highest BCUT2D eigenvalue weighted by Gasteiger charge is 2.49. The second kappa shape index (κ2) is 8.59. The lowest BCUT2D eigenvalue weighted by Crippen LogP contribution is -2.51. The first-order chi connectivity index (χ1) is 14.3. The van der Waals surface area contributed by atoms with Gasteiger partial charge < -0.3 is 15.2 Å². The number of rotatable bonds is 7. The van der Waals surface area contributed by atoms with E-state index in [9.17, 15) is 22.4 Å². The van der Waals surface area contributed by atoms with Gasteiger partial charge in [0, 0.05) is 5.69 Å². The maximum absolute atomic E-state index is 14.8. The number of aliphatic imine (C=N–C) groups is 1. The minimum absolute atomic E-state index is 0.0608. The molecule has 2 aromatic heterocycles. The van der Waals surface area contributed by atoms with Crippen LogP contribution in [-0.4, -0.2) is 52.6 Å². The second-order valence-electron chi connectivity index (χ2n) is 6.54. The van der Waals surface area contributed by atoms with Crippen LogP contribution in [0.25, 0.3) is 0 Å². The summed E-state index contributed by atoms with van der Waals surface area (Å²) in [5.74, 6) is -1.53. The third kappa shape index (κ3) is 4.16. The molecule has 0 spiro atoms. The molecule has 1 aliphatic rings. The Bertz CT molecular complexity index is 959. The number of carbonyl (C=O) groups excluding carboxylic acids is 1. The monoisotopic (exact) mass is 427 g/mol. The van der Waals surface area contributed by atoms with Crippen molar-refractivity contribution in [2.45, 2.75) is 31.2 Å². The van der Waals surface area contributed by atoms with E-state index in [1.807, 2.05) is 0 Å². The lowest BCUT2D eigenvalue weighted by Gasteiger charge is -2.36. The van der Waals surface area contributed by atoms with E-state index >= 15 is 0 Å². The number of amidine groups is 1. The van der Waals surface area contributed by atoms with Gasteiger partial charge in [-0.25, -0.2) is 32.5 Å². The highest BCUT2D eigenvalue weighted by atomic mass is 19.1. The molecule has 160 valence electrons. The van der Waals surface area contributed by atoms with Gasteiger partial charge in [-0.1, -0.05) is 0 Å². The van der Waals surface area contributed by atoms with Gasteiger partial charge in [0.05, 0.1) is 18.8 Å². The van der Waals surface area contributed by atoms with Gasteiger partial charge in [-0.15, -0.1) is 0 Å². The Morgan fingerprint density at radius 2 is 2.07 bits per heavy atom. The summed E-state index contributed by atoms with van der Waals surface area (Å²) < 4.78 is 63.8. The predicted molar refractivity (Wildman–Crippen MR) is 95.6 cm³/mol. The van der Waals surface area contributed by atoms with E-state index in [4.69, 9.17) is 10.5 Å². The van der Waals surface area contributed by atoms with Gasteiger partial charge in [0.2, 0.25) is 12.7 Å². The topological polar surface area (TPSA) is 113 Å². The SMILES string of the molecule is C[C@]1(c2nc(CC(=O)c3cnc(OCF)cn3)ccc2F)N=C(N)O[C@H](CF)[C@@H]1F. The molecule has 12 heteroatoms. The Labute approximate surface area is 168 Å². The zero-order valence-electron chi connectivity index (χ0n) is 15.7. The number of halogens is 4. The molecule has 2 aromatic rings. The number of carbonyl (C=O) groups is 1. The number of alkyl halides is 3. The van der Waals surface area contributed by atoms with E-state index in [2.05, 4.69) is 24.7 Å². The van der Waals surface area contributed by atoms with E-state index in [-0.39, 0.29) is 23.7 Å². The van der Waals surface area contributed by atoms with Crippen molar-refractivity contribution in [3.05, 3.63) is 47.4 Å². The molecule has 1 aliphatic heterocycles. The fraction of sp³-hybridized carbons (Fsp3) is 0.389. The summed E-state index contributed by atoms with van der Waals surface area (Å²) in [5, 5.41) is 0. The minimum atomic E-state index is -2.07. The summed E-state index contributed by atoms with van der Waals surface area (Å²) in [6.45, 7) is -1.09. The van der Waals surface area contributed by atoms with Gasteiger partial charge in [-0.3, -0.25) is 9.78 Å². The van der Waals surface area contributed by atoms with E-state index in [1.165, 1.54) is 13.0 Å². The average Bonchev–Trinajstić information content (AvgIpc) is 2.72. The molecule has 0 fully saturated rings. The lowest BCUT2D eigenvalue weighted by molar-refractivity contribution is 0.00305. The van der Waals surface area contributed by atoms with Crippen molar-refractivity contribution < 1.29 is 31.8 Å². The van der Waals surface area contributed by atoms with Crippen molar-refractivity contribution in [2.75, 3.05) is 13.5 Å². The highest BCUT2D eigenvalue weighted by Crippen LogP contribution is 2.37. The number of pyridine rings is 1. The molecular formula is C18H17F4N5O3. The Morgan fingerprint density at radius 1 is 1.30 bits per heavy atom. The highest BCUT2D eigenvalue weighted by molar-refractivity contribution is 5.95. The summed E-state index contributed by atoms with van der Waals surface area (Å²) >= 11 is 0. The lowest BCUT2D eigenvalue weighted by atomic mass is 9.87. The Morgan fingerprint density at radius 3 is 2.70 bits per heavy atom. The van der Waals surface area contributed by atoms with E-state index < -0.39 is 54.7 Å². The molecule has 0 bridgehead atoms. The number of nitrogens with two attached hydrogens (primary N) is 1. The second-order valence-corrected chi connectivity index (χ2v) is 6.54. The van der Waals surface area contributed by atoms with Gasteiger partial charge in [0.15, 0.2) is 18.1 Å². The van der Waals surface area contributed by atoms with Crippen LogP contribution < -0.4 is 10.5 Å². The minimum Gasteiger partial charge on any atom is -0.456 e. The van der Waals surface area contributed by atoms with Crippen molar-refractivity contribution in [1.29, 1.82) is 0 Å². The van der Waals surface area contributed by atoms with Crippen LogP contribution in [0.4, 0.5) is 17.6 Å². The Hall–Kier alpha value is -3.31. The zero-order valence-corrected chi connectivity index (χ0v) is 15.7. The third-order valence-corrected chi connectivity index (χ3v) is 4.47. The first kappa shape index (κ1) is 21.4. The largest absolute Gasteiger partial charge is 0.456 e. The van der Waals surface area contributed by atoms with Crippen LogP contribution in [0.15, 0.2) is 29.5 Å². The molecule has 0 saturated carbocycles. The van der Waals surface area contributed by atoms with E-state index in [0.717, 1.165) is 18.5 Å². The molecule has 0 aliphatic carbocycles. The van der Waals surface area contributed by atoms with Gasteiger partial charge in [0.1, 0.15) is 29.4 Å². The fourth-order valence-corrected chi connectivity index (χ4v) is 2.97. The number of nitrogens with zero attached hydrogens (tertiary/aromatic N) is 4. The standard InChI is InChI=1S/C18H17F4N5O3/c1-18(15(22)13(5-19)30-17(23)27-18)16-10(21)3-2-9(26-16)4-12(28)11-6-25-14(7-24-11)29-8-20/h2-3,6-7,13,15H,4-5,8H2,1H3,(H2,23,27)/t13-,15+,18+/m1/s1. The molecule has 0 radical (unpaired) electrons. The summed E-state index contributed by atoms with van der Waals surface area (Å²) in [5.41, 5.74) is 3.13. The molecule has 2 N–H and O–H groups in total. The van der Waals surface area contributed by atoms with Gasteiger partial charge in [-0.05, 0) is 19.1 Å². The van der Waals surface area contributed by atoms with Crippen LogP contribution in [0.5, 0.6) is 5.88 Å². The number of hydrogen-bond donors (Lipinski definition) is 1. The zero-order chi connectivity index (χ0) is 21.9. The number of aromatic nitrogens is 3. The molecular weight excluding hydrogens is 410 g/mol. The first-order valence-corrected chi connectivity index (χ1v) is 8.70. The van der Waals surface area contributed by atoms with Crippen molar-refractivity contribution in [3.63, 3.8) is 0 Å². The number of Topliss-reactive ketones (excluding diaryl/α,β-unsaturated/α-hetero) is 1. The normalized spacial score (nSPS) is 23.4. The molecule has 0 amide bonds. The van der Waals surface area contributed by atoms with Gasteiger partial charge in [-0.2, -0.15) is 0 Å². The molecule has 3 heterocycles.